The van der Waals surface area contributed by atoms with Crippen molar-refractivity contribution in [2.45, 2.75) is 45.8 Å². The van der Waals surface area contributed by atoms with Gasteiger partial charge in [-0.25, -0.2) is 4.98 Å². The number of halogens is 1. The van der Waals surface area contributed by atoms with Crippen LogP contribution in [0.25, 0.3) is 6.08 Å². The molecule has 0 atom stereocenters. The van der Waals surface area contributed by atoms with Crippen molar-refractivity contribution in [1.29, 1.82) is 0 Å². The molecular weight excluding hydrogens is 288 g/mol. The Labute approximate surface area is 131 Å². The van der Waals surface area contributed by atoms with E-state index in [2.05, 4.69) is 4.98 Å². The zero-order valence-electron chi connectivity index (χ0n) is 13.1. The second-order valence-corrected chi connectivity index (χ2v) is 6.72. The fourth-order valence-corrected chi connectivity index (χ4v) is 2.28. The summed E-state index contributed by atoms with van der Waals surface area (Å²) >= 11 is 5.86. The number of aromatic nitrogens is 1. The van der Waals surface area contributed by atoms with E-state index in [1.807, 2.05) is 40.7 Å². The topological polar surface area (TPSA) is 51.6 Å². The highest BCUT2D eigenvalue weighted by Crippen LogP contribution is 2.38. The fraction of sp³-hybridized carbons (Fsp3) is 0.533. The van der Waals surface area contributed by atoms with Gasteiger partial charge >= 0.3 is 7.12 Å². The lowest BCUT2D eigenvalue weighted by atomic mass is 9.77. The molecule has 1 saturated heterocycles. The van der Waals surface area contributed by atoms with Gasteiger partial charge in [0.1, 0.15) is 5.15 Å². The maximum atomic E-state index is 9.66. The molecule has 114 valence electrons. The smallest absolute Gasteiger partial charge is 0.400 e. The lowest BCUT2D eigenvalue weighted by Gasteiger charge is -2.32. The molecule has 1 aromatic rings. The van der Waals surface area contributed by atoms with E-state index in [0.29, 0.717) is 10.6 Å². The van der Waals surface area contributed by atoms with Crippen LogP contribution in [0.4, 0.5) is 0 Å². The van der Waals surface area contributed by atoms with E-state index in [1.54, 1.807) is 12.3 Å². The first-order valence-electron chi connectivity index (χ1n) is 6.95. The quantitative estimate of drug-likeness (QED) is 0.689. The monoisotopic (exact) mass is 309 g/mol. The molecule has 1 N–H and O–H groups in total. The first kappa shape index (κ1) is 16.5. The summed E-state index contributed by atoms with van der Waals surface area (Å²) in [5.41, 5.74) is 1.68. The van der Waals surface area contributed by atoms with Crippen molar-refractivity contribution < 1.29 is 14.4 Å². The molecule has 1 aliphatic rings. The molecular formula is C15H21BClNO3. The molecule has 21 heavy (non-hydrogen) atoms. The Morgan fingerprint density at radius 3 is 2.38 bits per heavy atom. The molecule has 2 rings (SSSR count). The van der Waals surface area contributed by atoms with Crippen molar-refractivity contribution in [3.05, 3.63) is 34.0 Å². The number of aliphatic hydroxyl groups excluding tert-OH is 1. The standard InChI is InChI=1S/C15H21BClNO3/c1-10-6-13(17)18-8-11(10)7-12(9-19)16-20-14(2,3)15(4,5)21-16/h6-8,19H,9H2,1-5H3. The zero-order valence-corrected chi connectivity index (χ0v) is 13.9. The molecule has 0 radical (unpaired) electrons. The zero-order chi connectivity index (χ0) is 15.8. The van der Waals surface area contributed by atoms with Crippen LogP contribution in [0.5, 0.6) is 0 Å². The van der Waals surface area contributed by atoms with Crippen molar-refractivity contribution in [2.75, 3.05) is 6.61 Å². The molecule has 0 unspecified atom stereocenters. The molecule has 4 nitrogen and oxygen atoms in total. The van der Waals surface area contributed by atoms with E-state index < -0.39 is 18.3 Å². The summed E-state index contributed by atoms with van der Waals surface area (Å²) in [4.78, 5) is 4.07. The van der Waals surface area contributed by atoms with Crippen molar-refractivity contribution in [3.63, 3.8) is 0 Å². The number of rotatable bonds is 3. The summed E-state index contributed by atoms with van der Waals surface area (Å²) in [6.45, 7) is 9.74. The third-order valence-corrected chi connectivity index (χ3v) is 4.40. The second kappa shape index (κ2) is 5.73. The van der Waals surface area contributed by atoms with Gasteiger partial charge in [-0.1, -0.05) is 17.7 Å². The van der Waals surface area contributed by atoms with Crippen LogP contribution in [-0.4, -0.2) is 35.0 Å². The van der Waals surface area contributed by atoms with Crippen LogP contribution >= 0.6 is 11.6 Å². The van der Waals surface area contributed by atoms with Gasteiger partial charge in [0.15, 0.2) is 0 Å². The molecule has 2 heterocycles. The molecule has 0 aliphatic carbocycles. The molecule has 0 saturated carbocycles. The number of hydrogen-bond acceptors (Lipinski definition) is 4. The highest BCUT2D eigenvalue weighted by Gasteiger charge is 2.52. The van der Waals surface area contributed by atoms with Crippen LogP contribution in [-0.2, 0) is 9.31 Å². The molecule has 1 aromatic heterocycles. The highest BCUT2D eigenvalue weighted by atomic mass is 35.5. The van der Waals surface area contributed by atoms with Crippen molar-refractivity contribution >= 4 is 24.8 Å². The van der Waals surface area contributed by atoms with Gasteiger partial charge in [0.25, 0.3) is 0 Å². The van der Waals surface area contributed by atoms with Gasteiger partial charge in [-0.3, -0.25) is 0 Å². The van der Waals surface area contributed by atoms with Gasteiger partial charge in [-0.05, 0) is 57.3 Å². The minimum atomic E-state index is -0.560. The van der Waals surface area contributed by atoms with Crippen molar-refractivity contribution in [3.8, 4) is 0 Å². The number of pyridine rings is 1. The van der Waals surface area contributed by atoms with E-state index in [9.17, 15) is 5.11 Å². The Kier molecular flexibility index (Phi) is 4.50. The third-order valence-electron chi connectivity index (χ3n) is 4.20. The van der Waals surface area contributed by atoms with Crippen LogP contribution in [0.15, 0.2) is 17.7 Å². The molecule has 0 bridgehead atoms. The van der Waals surface area contributed by atoms with Gasteiger partial charge in [0.2, 0.25) is 0 Å². The van der Waals surface area contributed by atoms with Gasteiger partial charge in [-0.2, -0.15) is 0 Å². The Balaban J connectivity index is 2.31. The Morgan fingerprint density at radius 2 is 1.90 bits per heavy atom. The van der Waals surface area contributed by atoms with E-state index in [4.69, 9.17) is 20.9 Å². The molecule has 0 amide bonds. The maximum absolute atomic E-state index is 9.66. The summed E-state index contributed by atoms with van der Waals surface area (Å²) in [7, 11) is -0.560. The molecule has 0 aromatic carbocycles. The Morgan fingerprint density at radius 1 is 1.33 bits per heavy atom. The van der Waals surface area contributed by atoms with Crippen LogP contribution in [0.3, 0.4) is 0 Å². The highest BCUT2D eigenvalue weighted by molar-refractivity contribution is 6.55. The predicted molar refractivity (Wildman–Crippen MR) is 85.1 cm³/mol. The number of hydrogen-bond donors (Lipinski definition) is 1. The summed E-state index contributed by atoms with van der Waals surface area (Å²) in [6, 6.07) is 1.78. The summed E-state index contributed by atoms with van der Waals surface area (Å²) < 4.78 is 11.9. The van der Waals surface area contributed by atoms with Gasteiger partial charge < -0.3 is 14.4 Å². The van der Waals surface area contributed by atoms with E-state index >= 15 is 0 Å². The average molecular weight is 310 g/mol. The van der Waals surface area contributed by atoms with E-state index in [-0.39, 0.29) is 6.61 Å². The fourth-order valence-electron chi connectivity index (χ4n) is 2.07. The first-order chi connectivity index (χ1) is 9.66. The lowest BCUT2D eigenvalue weighted by Crippen LogP contribution is -2.41. The Hall–Kier alpha value is -0.875. The lowest BCUT2D eigenvalue weighted by molar-refractivity contribution is 0.00578. The second-order valence-electron chi connectivity index (χ2n) is 6.33. The number of nitrogens with zero attached hydrogens (tertiary/aromatic N) is 1. The van der Waals surface area contributed by atoms with Crippen LogP contribution < -0.4 is 0 Å². The summed E-state index contributed by atoms with van der Waals surface area (Å²) in [6.07, 6.45) is 3.53. The predicted octanol–water partition coefficient (Wildman–Crippen LogP) is 3.05. The first-order valence-corrected chi connectivity index (χ1v) is 7.33. The average Bonchev–Trinajstić information content (AvgIpc) is 2.57. The molecule has 1 fully saturated rings. The largest absolute Gasteiger partial charge is 0.492 e. The van der Waals surface area contributed by atoms with Gasteiger partial charge in [0, 0.05) is 6.20 Å². The van der Waals surface area contributed by atoms with Crippen LogP contribution in [0.2, 0.25) is 5.15 Å². The Bertz CT molecular complexity index is 556. The van der Waals surface area contributed by atoms with Crippen molar-refractivity contribution in [2.24, 2.45) is 0 Å². The molecule has 6 heteroatoms. The van der Waals surface area contributed by atoms with Crippen molar-refractivity contribution in [1.82, 2.24) is 4.98 Å². The molecule has 0 spiro atoms. The summed E-state index contributed by atoms with van der Waals surface area (Å²) in [5, 5.41) is 10.1. The maximum Gasteiger partial charge on any atom is 0.492 e. The van der Waals surface area contributed by atoms with Crippen LogP contribution in [0, 0.1) is 6.92 Å². The summed E-state index contributed by atoms with van der Waals surface area (Å²) in [5.74, 6) is 0. The molecule has 1 aliphatic heterocycles. The third kappa shape index (κ3) is 3.32. The van der Waals surface area contributed by atoms with E-state index in [0.717, 1.165) is 11.1 Å². The minimum Gasteiger partial charge on any atom is -0.400 e. The van der Waals surface area contributed by atoms with Gasteiger partial charge in [0.05, 0.1) is 17.8 Å². The minimum absolute atomic E-state index is 0.140. The normalized spacial score (nSPS) is 20.9. The number of aliphatic hydroxyl groups is 1. The van der Waals surface area contributed by atoms with Crippen LogP contribution in [0.1, 0.15) is 38.8 Å². The number of aryl methyl sites for hydroxylation is 1. The van der Waals surface area contributed by atoms with E-state index in [1.165, 1.54) is 0 Å². The SMILES string of the molecule is Cc1cc(Cl)ncc1C=C(CO)B1OC(C)(C)C(C)(C)O1. The van der Waals surface area contributed by atoms with Gasteiger partial charge in [-0.15, -0.1) is 0 Å².